The predicted octanol–water partition coefficient (Wildman–Crippen LogP) is 3.49. The van der Waals surface area contributed by atoms with Crippen LogP contribution in [-0.2, 0) is 16.7 Å². The summed E-state index contributed by atoms with van der Waals surface area (Å²) in [5.41, 5.74) is 0.0242. The Morgan fingerprint density at radius 2 is 2.19 bits per heavy atom. The first-order valence-electron chi connectivity index (χ1n) is 8.39. The number of aliphatic imine (C=N–C) groups is 1. The van der Waals surface area contributed by atoms with Crippen molar-refractivity contribution in [2.75, 3.05) is 20.2 Å². The van der Waals surface area contributed by atoms with Crippen LogP contribution in [0.15, 0.2) is 27.0 Å². The molecule has 2 heterocycles. The zero-order valence-electron chi connectivity index (χ0n) is 15.9. The van der Waals surface area contributed by atoms with Gasteiger partial charge in [-0.15, -0.1) is 35.3 Å². The van der Waals surface area contributed by atoms with Crippen LogP contribution in [0.2, 0.25) is 0 Å². The molecule has 26 heavy (non-hydrogen) atoms. The van der Waals surface area contributed by atoms with E-state index in [2.05, 4.69) is 57.1 Å². The number of halogens is 1. The van der Waals surface area contributed by atoms with Crippen molar-refractivity contribution in [3.05, 3.63) is 34.1 Å². The number of nitrogens with zero attached hydrogens (tertiary/aromatic N) is 3. The maximum Gasteiger partial charge on any atom is 0.246 e. The van der Waals surface area contributed by atoms with Crippen molar-refractivity contribution < 1.29 is 9.26 Å². The van der Waals surface area contributed by atoms with E-state index in [0.717, 1.165) is 6.54 Å². The summed E-state index contributed by atoms with van der Waals surface area (Å²) in [5, 5.41) is 12.6. The SMILES string of the molecule is CCOC(C)c1noc(CNC(=NC)NCC(C)(C)c2cccs2)n1.I. The molecular formula is C17H28IN5O2S. The summed E-state index contributed by atoms with van der Waals surface area (Å²) >= 11 is 1.76. The highest BCUT2D eigenvalue weighted by atomic mass is 127. The third-order valence-electron chi connectivity index (χ3n) is 3.78. The third kappa shape index (κ3) is 6.51. The van der Waals surface area contributed by atoms with Crippen molar-refractivity contribution >= 4 is 41.3 Å². The van der Waals surface area contributed by atoms with Gasteiger partial charge in [-0.25, -0.2) is 0 Å². The number of hydrogen-bond donors (Lipinski definition) is 2. The van der Waals surface area contributed by atoms with Crippen LogP contribution in [0.25, 0.3) is 0 Å². The largest absolute Gasteiger partial charge is 0.371 e. The zero-order valence-corrected chi connectivity index (χ0v) is 19.1. The zero-order chi connectivity index (χ0) is 18.3. The van der Waals surface area contributed by atoms with Gasteiger partial charge in [-0.05, 0) is 25.3 Å². The molecule has 0 saturated carbocycles. The Bertz CT molecular complexity index is 673. The molecule has 146 valence electrons. The minimum absolute atomic E-state index is 0. The molecule has 0 radical (unpaired) electrons. The lowest BCUT2D eigenvalue weighted by Gasteiger charge is -2.24. The van der Waals surface area contributed by atoms with E-state index in [1.807, 2.05) is 13.8 Å². The smallest absolute Gasteiger partial charge is 0.246 e. The van der Waals surface area contributed by atoms with E-state index in [1.54, 1.807) is 18.4 Å². The van der Waals surface area contributed by atoms with E-state index in [9.17, 15) is 0 Å². The second kappa shape index (κ2) is 10.8. The molecule has 0 amide bonds. The number of guanidine groups is 1. The average molecular weight is 493 g/mol. The van der Waals surface area contributed by atoms with Gasteiger partial charge in [-0.1, -0.05) is 25.1 Å². The fraction of sp³-hybridized carbons (Fsp3) is 0.588. The molecule has 0 aliphatic rings. The van der Waals surface area contributed by atoms with Crippen molar-refractivity contribution in [3.8, 4) is 0 Å². The van der Waals surface area contributed by atoms with E-state index < -0.39 is 0 Å². The Morgan fingerprint density at radius 3 is 2.81 bits per heavy atom. The van der Waals surface area contributed by atoms with Crippen LogP contribution in [0.1, 0.15) is 50.4 Å². The first-order chi connectivity index (χ1) is 12.0. The molecule has 2 aromatic rings. The van der Waals surface area contributed by atoms with Gasteiger partial charge in [0.1, 0.15) is 6.10 Å². The van der Waals surface area contributed by atoms with Gasteiger partial charge < -0.3 is 19.9 Å². The number of ether oxygens (including phenoxy) is 1. The fourth-order valence-electron chi connectivity index (χ4n) is 2.26. The quantitative estimate of drug-likeness (QED) is 0.333. The number of aromatic nitrogens is 2. The first-order valence-corrected chi connectivity index (χ1v) is 9.26. The van der Waals surface area contributed by atoms with Crippen LogP contribution in [-0.4, -0.2) is 36.3 Å². The van der Waals surface area contributed by atoms with Gasteiger partial charge in [-0.3, -0.25) is 4.99 Å². The average Bonchev–Trinajstić information content (AvgIpc) is 3.27. The Labute approximate surface area is 176 Å². The van der Waals surface area contributed by atoms with Gasteiger partial charge >= 0.3 is 0 Å². The standard InChI is InChI=1S/C17H27N5O2S.HI/c1-6-23-12(2)15-21-14(24-22-15)10-19-16(18-5)20-11-17(3,4)13-8-7-9-25-13;/h7-9,12H,6,10-11H2,1-5H3,(H2,18,19,20);1H. The van der Waals surface area contributed by atoms with Crippen molar-refractivity contribution in [3.63, 3.8) is 0 Å². The van der Waals surface area contributed by atoms with Crippen LogP contribution in [0.4, 0.5) is 0 Å². The van der Waals surface area contributed by atoms with Gasteiger partial charge in [0, 0.05) is 30.5 Å². The lowest BCUT2D eigenvalue weighted by Crippen LogP contribution is -2.43. The number of hydrogen-bond acceptors (Lipinski definition) is 6. The molecule has 0 bridgehead atoms. The van der Waals surface area contributed by atoms with Crippen molar-refractivity contribution in [1.29, 1.82) is 0 Å². The second-order valence-electron chi connectivity index (χ2n) is 6.28. The normalized spacial score (nSPS) is 13.2. The minimum Gasteiger partial charge on any atom is -0.371 e. The van der Waals surface area contributed by atoms with Gasteiger partial charge in [-0.2, -0.15) is 4.98 Å². The van der Waals surface area contributed by atoms with Crippen LogP contribution in [0, 0.1) is 0 Å². The van der Waals surface area contributed by atoms with E-state index in [0.29, 0.717) is 30.8 Å². The monoisotopic (exact) mass is 493 g/mol. The summed E-state index contributed by atoms with van der Waals surface area (Å²) in [6.45, 7) is 10.0. The molecule has 0 fully saturated rings. The van der Waals surface area contributed by atoms with Crippen LogP contribution >= 0.6 is 35.3 Å². The Balaban J connectivity index is 0.00000338. The molecule has 0 saturated heterocycles. The maximum atomic E-state index is 5.46. The molecular weight excluding hydrogens is 465 g/mol. The molecule has 7 nitrogen and oxygen atoms in total. The molecule has 2 rings (SSSR count). The molecule has 0 aliphatic heterocycles. The molecule has 2 aromatic heterocycles. The van der Waals surface area contributed by atoms with Crippen LogP contribution in [0.5, 0.6) is 0 Å². The second-order valence-corrected chi connectivity index (χ2v) is 7.23. The highest BCUT2D eigenvalue weighted by Gasteiger charge is 2.22. The van der Waals surface area contributed by atoms with Crippen molar-refractivity contribution in [1.82, 2.24) is 20.8 Å². The van der Waals surface area contributed by atoms with Crippen LogP contribution in [0.3, 0.4) is 0 Å². The molecule has 1 atom stereocenters. The highest BCUT2D eigenvalue weighted by Crippen LogP contribution is 2.26. The predicted molar refractivity (Wildman–Crippen MR) is 115 cm³/mol. The van der Waals surface area contributed by atoms with Crippen LogP contribution < -0.4 is 10.6 Å². The molecule has 0 aromatic carbocycles. The Morgan fingerprint density at radius 1 is 1.42 bits per heavy atom. The molecule has 0 spiro atoms. The maximum absolute atomic E-state index is 5.46. The van der Waals surface area contributed by atoms with E-state index in [-0.39, 0.29) is 35.5 Å². The van der Waals surface area contributed by atoms with Gasteiger partial charge in [0.2, 0.25) is 5.89 Å². The topological polar surface area (TPSA) is 84.6 Å². The van der Waals surface area contributed by atoms with Gasteiger partial charge in [0.25, 0.3) is 0 Å². The minimum atomic E-state index is -0.175. The van der Waals surface area contributed by atoms with E-state index in [1.165, 1.54) is 4.88 Å². The fourth-order valence-corrected chi connectivity index (χ4v) is 3.12. The summed E-state index contributed by atoms with van der Waals surface area (Å²) in [6, 6.07) is 4.23. The summed E-state index contributed by atoms with van der Waals surface area (Å²) < 4.78 is 10.7. The molecule has 0 aliphatic carbocycles. The Hall–Kier alpha value is -1.20. The third-order valence-corrected chi connectivity index (χ3v) is 5.02. The van der Waals surface area contributed by atoms with Gasteiger partial charge in [0.05, 0.1) is 6.54 Å². The lowest BCUT2D eigenvalue weighted by molar-refractivity contribution is 0.0683. The molecule has 1 unspecified atom stereocenters. The first kappa shape index (κ1) is 22.8. The summed E-state index contributed by atoms with van der Waals surface area (Å²) in [6.07, 6.45) is -0.175. The van der Waals surface area contributed by atoms with Crippen molar-refractivity contribution in [2.24, 2.45) is 4.99 Å². The lowest BCUT2D eigenvalue weighted by atomic mass is 9.91. The number of thiophene rings is 1. The summed E-state index contributed by atoms with van der Waals surface area (Å²) in [4.78, 5) is 9.92. The van der Waals surface area contributed by atoms with E-state index >= 15 is 0 Å². The number of rotatable bonds is 8. The molecule has 2 N–H and O–H groups in total. The van der Waals surface area contributed by atoms with Gasteiger partial charge in [0.15, 0.2) is 11.8 Å². The van der Waals surface area contributed by atoms with E-state index in [4.69, 9.17) is 9.26 Å². The van der Waals surface area contributed by atoms with Crippen molar-refractivity contribution in [2.45, 2.75) is 45.8 Å². The highest BCUT2D eigenvalue weighted by molar-refractivity contribution is 14.0. The summed E-state index contributed by atoms with van der Waals surface area (Å²) in [5.74, 6) is 1.75. The Kier molecular flexibility index (Phi) is 9.51. The summed E-state index contributed by atoms with van der Waals surface area (Å²) in [7, 11) is 1.74. The number of nitrogens with one attached hydrogen (secondary N) is 2. The molecule has 9 heteroatoms.